The molecule has 3 heteroatoms. The van der Waals surface area contributed by atoms with Gasteiger partial charge in [0.2, 0.25) is 0 Å². The van der Waals surface area contributed by atoms with E-state index in [-0.39, 0.29) is 11.9 Å². The lowest BCUT2D eigenvalue weighted by atomic mass is 10.0. The summed E-state index contributed by atoms with van der Waals surface area (Å²) in [5, 5.41) is 9.66. The largest absolute Gasteiger partial charge is 0.507 e. The van der Waals surface area contributed by atoms with Gasteiger partial charge in [-0.15, -0.1) is 0 Å². The summed E-state index contributed by atoms with van der Waals surface area (Å²) in [5.74, 6) is 0.0508. The number of aryl methyl sites for hydroxylation is 1. The Balaban J connectivity index is 2.97. The maximum Gasteiger partial charge on any atom is 0.154 e. The topological polar surface area (TPSA) is 46.5 Å². The van der Waals surface area contributed by atoms with E-state index in [9.17, 15) is 9.90 Å². The molecule has 0 bridgehead atoms. The van der Waals surface area contributed by atoms with Crippen LogP contribution in [0.1, 0.15) is 35.3 Å². The number of ether oxygens (including phenoxy) is 1. The average Bonchev–Trinajstić information content (AvgIpc) is 2.19. The summed E-state index contributed by atoms with van der Waals surface area (Å²) in [6.07, 6.45) is 0.773. The molecule has 0 amide bonds. The van der Waals surface area contributed by atoms with Crippen LogP contribution in [0.3, 0.4) is 0 Å². The standard InChI is InChI=1S/C12H16O3/c1-8(2)15-7-10-5-4-9(3)12(14)11(10)6-13/h4-6,8,14H,7H2,1-3H3. The van der Waals surface area contributed by atoms with Crippen molar-refractivity contribution in [3.05, 3.63) is 28.8 Å². The van der Waals surface area contributed by atoms with Crippen LogP contribution in [-0.2, 0) is 11.3 Å². The van der Waals surface area contributed by atoms with Gasteiger partial charge >= 0.3 is 0 Å². The minimum Gasteiger partial charge on any atom is -0.507 e. The molecule has 0 spiro atoms. The van der Waals surface area contributed by atoms with Crippen molar-refractivity contribution in [2.45, 2.75) is 33.5 Å². The minimum absolute atomic E-state index is 0.0508. The van der Waals surface area contributed by atoms with Crippen molar-refractivity contribution in [3.63, 3.8) is 0 Å². The van der Waals surface area contributed by atoms with E-state index in [4.69, 9.17) is 4.74 Å². The summed E-state index contributed by atoms with van der Waals surface area (Å²) in [6, 6.07) is 3.59. The molecule has 0 aliphatic rings. The van der Waals surface area contributed by atoms with Gasteiger partial charge in [-0.25, -0.2) is 0 Å². The quantitative estimate of drug-likeness (QED) is 0.773. The number of hydrogen-bond acceptors (Lipinski definition) is 3. The van der Waals surface area contributed by atoms with Crippen molar-refractivity contribution in [3.8, 4) is 5.75 Å². The normalized spacial score (nSPS) is 10.7. The molecule has 0 atom stereocenters. The molecule has 3 nitrogen and oxygen atoms in total. The van der Waals surface area contributed by atoms with Gasteiger partial charge in [0, 0.05) is 0 Å². The predicted molar refractivity (Wildman–Crippen MR) is 58.2 cm³/mol. The van der Waals surface area contributed by atoms with E-state index in [1.807, 2.05) is 13.8 Å². The van der Waals surface area contributed by atoms with Gasteiger partial charge in [0.1, 0.15) is 5.75 Å². The van der Waals surface area contributed by atoms with E-state index in [0.29, 0.717) is 24.0 Å². The maximum absolute atomic E-state index is 10.8. The van der Waals surface area contributed by atoms with Crippen molar-refractivity contribution in [2.75, 3.05) is 0 Å². The lowest BCUT2D eigenvalue weighted by molar-refractivity contribution is 0.0649. The molecule has 0 saturated carbocycles. The van der Waals surface area contributed by atoms with Crippen molar-refractivity contribution < 1.29 is 14.6 Å². The summed E-state index contributed by atoms with van der Waals surface area (Å²) in [6.45, 7) is 5.96. The van der Waals surface area contributed by atoms with Crippen LogP contribution >= 0.6 is 0 Å². The van der Waals surface area contributed by atoms with Crippen LogP contribution in [0.15, 0.2) is 12.1 Å². The summed E-state index contributed by atoms with van der Waals surface area (Å²) in [4.78, 5) is 10.8. The van der Waals surface area contributed by atoms with Crippen molar-refractivity contribution in [2.24, 2.45) is 0 Å². The van der Waals surface area contributed by atoms with Crippen LogP contribution in [0, 0.1) is 6.92 Å². The first-order valence-corrected chi connectivity index (χ1v) is 4.94. The van der Waals surface area contributed by atoms with Crippen LogP contribution in [0.5, 0.6) is 5.75 Å². The zero-order valence-electron chi connectivity index (χ0n) is 9.28. The predicted octanol–water partition coefficient (Wildman–Crippen LogP) is 2.44. The number of carbonyl (C=O) groups is 1. The van der Waals surface area contributed by atoms with Gasteiger partial charge in [-0.2, -0.15) is 0 Å². The molecule has 0 fully saturated rings. The van der Waals surface area contributed by atoms with E-state index in [2.05, 4.69) is 0 Å². The molecule has 1 aromatic rings. The maximum atomic E-state index is 10.8. The molecule has 0 unspecified atom stereocenters. The highest BCUT2D eigenvalue weighted by Gasteiger charge is 2.10. The van der Waals surface area contributed by atoms with Gasteiger partial charge < -0.3 is 9.84 Å². The second kappa shape index (κ2) is 4.94. The first kappa shape index (κ1) is 11.7. The van der Waals surface area contributed by atoms with Crippen molar-refractivity contribution in [1.29, 1.82) is 0 Å². The van der Waals surface area contributed by atoms with E-state index in [1.54, 1.807) is 19.1 Å². The van der Waals surface area contributed by atoms with Crippen molar-refractivity contribution >= 4 is 6.29 Å². The number of aldehydes is 1. The summed E-state index contributed by atoms with van der Waals surface area (Å²) < 4.78 is 5.40. The Morgan fingerprint density at radius 2 is 2.13 bits per heavy atom. The lowest BCUT2D eigenvalue weighted by Crippen LogP contribution is -2.04. The van der Waals surface area contributed by atoms with Crippen LogP contribution in [0.4, 0.5) is 0 Å². The van der Waals surface area contributed by atoms with Crippen LogP contribution in [0.25, 0.3) is 0 Å². The van der Waals surface area contributed by atoms with Crippen LogP contribution < -0.4 is 0 Å². The number of carbonyl (C=O) groups excluding carboxylic acids is 1. The molecule has 0 saturated heterocycles. The number of hydrogen-bond donors (Lipinski definition) is 1. The number of phenols is 1. The smallest absolute Gasteiger partial charge is 0.154 e. The molecule has 1 aromatic carbocycles. The second-order valence-electron chi connectivity index (χ2n) is 3.78. The van der Waals surface area contributed by atoms with Gasteiger partial charge in [0.05, 0.1) is 18.3 Å². The third-order valence-corrected chi connectivity index (χ3v) is 2.20. The zero-order valence-corrected chi connectivity index (χ0v) is 9.28. The van der Waals surface area contributed by atoms with E-state index >= 15 is 0 Å². The Hall–Kier alpha value is -1.35. The molecule has 0 aliphatic heterocycles. The van der Waals surface area contributed by atoms with E-state index < -0.39 is 0 Å². The highest BCUT2D eigenvalue weighted by atomic mass is 16.5. The van der Waals surface area contributed by atoms with Gasteiger partial charge in [0.15, 0.2) is 6.29 Å². The third-order valence-electron chi connectivity index (χ3n) is 2.20. The molecule has 0 radical (unpaired) electrons. The molecule has 0 aromatic heterocycles. The highest BCUT2D eigenvalue weighted by molar-refractivity contribution is 5.82. The first-order chi connectivity index (χ1) is 7.06. The fourth-order valence-corrected chi connectivity index (χ4v) is 1.27. The SMILES string of the molecule is Cc1ccc(COC(C)C)c(C=O)c1O. The van der Waals surface area contributed by atoms with Gasteiger partial charge in [0.25, 0.3) is 0 Å². The number of rotatable bonds is 4. The Kier molecular flexibility index (Phi) is 3.86. The monoisotopic (exact) mass is 208 g/mol. The Labute approximate surface area is 89.7 Å². The fraction of sp³-hybridized carbons (Fsp3) is 0.417. The summed E-state index contributed by atoms with van der Waals surface area (Å²) in [5.41, 5.74) is 1.75. The minimum atomic E-state index is 0.0508. The Morgan fingerprint density at radius 3 is 2.67 bits per heavy atom. The summed E-state index contributed by atoms with van der Waals surface area (Å²) >= 11 is 0. The third kappa shape index (κ3) is 2.80. The van der Waals surface area contributed by atoms with Crippen molar-refractivity contribution in [1.82, 2.24) is 0 Å². The zero-order chi connectivity index (χ0) is 11.4. The summed E-state index contributed by atoms with van der Waals surface area (Å²) in [7, 11) is 0. The number of benzene rings is 1. The average molecular weight is 208 g/mol. The van der Waals surface area contributed by atoms with Gasteiger partial charge in [-0.1, -0.05) is 12.1 Å². The Bertz CT molecular complexity index is 356. The fourth-order valence-electron chi connectivity index (χ4n) is 1.27. The molecule has 1 N–H and O–H groups in total. The second-order valence-corrected chi connectivity index (χ2v) is 3.78. The molecule has 0 heterocycles. The molecule has 82 valence electrons. The van der Waals surface area contributed by atoms with Crippen LogP contribution in [-0.4, -0.2) is 17.5 Å². The Morgan fingerprint density at radius 1 is 1.47 bits per heavy atom. The number of aromatic hydroxyl groups is 1. The van der Waals surface area contributed by atoms with Gasteiger partial charge in [-0.05, 0) is 31.9 Å². The van der Waals surface area contributed by atoms with E-state index in [1.165, 1.54) is 0 Å². The van der Waals surface area contributed by atoms with Crippen LogP contribution in [0.2, 0.25) is 0 Å². The number of phenolic OH excluding ortho intramolecular Hbond substituents is 1. The molecule has 0 aliphatic carbocycles. The molecule has 15 heavy (non-hydrogen) atoms. The van der Waals surface area contributed by atoms with Gasteiger partial charge in [-0.3, -0.25) is 4.79 Å². The molecular formula is C12H16O3. The molecule has 1 rings (SSSR count). The first-order valence-electron chi connectivity index (χ1n) is 4.94. The lowest BCUT2D eigenvalue weighted by Gasteiger charge is -2.11. The van der Waals surface area contributed by atoms with E-state index in [0.717, 1.165) is 5.56 Å². The molecular weight excluding hydrogens is 192 g/mol. The highest BCUT2D eigenvalue weighted by Crippen LogP contribution is 2.24.